The molecule has 0 aromatic carbocycles. The molecule has 3 rings (SSSR count). The first-order chi connectivity index (χ1) is 8.93. The molecule has 0 N–H and O–H groups in total. The third-order valence-corrected chi connectivity index (χ3v) is 5.22. The molecule has 3 aliphatic rings. The zero-order valence-corrected chi connectivity index (χ0v) is 11.5. The standard InChI is InChI=1S/C15H20O4/c1-8-4-5-10-9(2)14(17)18-13(10)15(3)11(8)6-7-12(16)19-15/h8,10-11,13H,2,4-7H2,1,3H3/t8-,10+,11-,13+,15+/m1/s1. The molecule has 2 aliphatic heterocycles. The molecule has 2 heterocycles. The summed E-state index contributed by atoms with van der Waals surface area (Å²) in [6.07, 6.45) is 2.85. The van der Waals surface area contributed by atoms with E-state index in [1.807, 2.05) is 6.92 Å². The van der Waals surface area contributed by atoms with Gasteiger partial charge in [0.15, 0.2) is 0 Å². The van der Waals surface area contributed by atoms with Gasteiger partial charge >= 0.3 is 11.9 Å². The van der Waals surface area contributed by atoms with Crippen LogP contribution in [0.25, 0.3) is 0 Å². The largest absolute Gasteiger partial charge is 0.455 e. The molecule has 104 valence electrons. The smallest absolute Gasteiger partial charge is 0.334 e. The molecule has 3 fully saturated rings. The van der Waals surface area contributed by atoms with E-state index in [9.17, 15) is 9.59 Å². The van der Waals surface area contributed by atoms with Crippen LogP contribution in [0.5, 0.6) is 0 Å². The molecule has 4 nitrogen and oxygen atoms in total. The number of hydrogen-bond acceptors (Lipinski definition) is 4. The summed E-state index contributed by atoms with van der Waals surface area (Å²) in [4.78, 5) is 23.5. The third kappa shape index (κ3) is 1.72. The topological polar surface area (TPSA) is 52.6 Å². The van der Waals surface area contributed by atoms with Crippen LogP contribution in [0.15, 0.2) is 12.2 Å². The van der Waals surface area contributed by atoms with Gasteiger partial charge in [-0.05, 0) is 32.1 Å². The normalized spacial score (nSPS) is 45.9. The van der Waals surface area contributed by atoms with Crippen molar-refractivity contribution in [1.82, 2.24) is 0 Å². The summed E-state index contributed by atoms with van der Waals surface area (Å²) in [5.74, 6) is 0.219. The summed E-state index contributed by atoms with van der Waals surface area (Å²) in [6, 6.07) is 0. The highest BCUT2D eigenvalue weighted by molar-refractivity contribution is 5.91. The minimum atomic E-state index is -0.689. The number of hydrogen-bond donors (Lipinski definition) is 0. The molecule has 19 heavy (non-hydrogen) atoms. The lowest BCUT2D eigenvalue weighted by Crippen LogP contribution is -2.55. The summed E-state index contributed by atoms with van der Waals surface area (Å²) < 4.78 is 11.2. The van der Waals surface area contributed by atoms with Gasteiger partial charge in [0.2, 0.25) is 0 Å². The molecule has 5 atom stereocenters. The van der Waals surface area contributed by atoms with E-state index in [-0.39, 0.29) is 29.9 Å². The molecule has 0 radical (unpaired) electrons. The van der Waals surface area contributed by atoms with E-state index >= 15 is 0 Å². The van der Waals surface area contributed by atoms with Crippen LogP contribution < -0.4 is 0 Å². The van der Waals surface area contributed by atoms with E-state index in [1.54, 1.807) is 0 Å². The Labute approximate surface area is 113 Å². The summed E-state index contributed by atoms with van der Waals surface area (Å²) in [5, 5.41) is 0. The lowest BCUT2D eigenvalue weighted by Gasteiger charge is -2.45. The van der Waals surface area contributed by atoms with Crippen LogP contribution in [-0.4, -0.2) is 23.6 Å². The summed E-state index contributed by atoms with van der Waals surface area (Å²) in [5.41, 5.74) is -0.147. The molecular weight excluding hydrogens is 244 g/mol. The average molecular weight is 264 g/mol. The Morgan fingerprint density at radius 3 is 2.74 bits per heavy atom. The molecule has 0 aromatic rings. The van der Waals surface area contributed by atoms with Crippen molar-refractivity contribution < 1.29 is 19.1 Å². The van der Waals surface area contributed by atoms with Gasteiger partial charge in [0.1, 0.15) is 11.7 Å². The minimum Gasteiger partial charge on any atom is -0.455 e. The third-order valence-electron chi connectivity index (χ3n) is 5.22. The zero-order chi connectivity index (χ0) is 13.8. The van der Waals surface area contributed by atoms with Gasteiger partial charge in [-0.2, -0.15) is 0 Å². The Morgan fingerprint density at radius 1 is 1.26 bits per heavy atom. The van der Waals surface area contributed by atoms with Crippen molar-refractivity contribution in [3.8, 4) is 0 Å². The number of fused-ring (bicyclic) bond motifs is 3. The molecular formula is C15H20O4. The van der Waals surface area contributed by atoms with Crippen LogP contribution in [0.3, 0.4) is 0 Å². The average Bonchev–Trinajstić information content (AvgIpc) is 2.58. The van der Waals surface area contributed by atoms with Crippen molar-refractivity contribution in [1.29, 1.82) is 0 Å². The molecule has 0 bridgehead atoms. The lowest BCUT2D eigenvalue weighted by molar-refractivity contribution is -0.202. The van der Waals surface area contributed by atoms with Crippen LogP contribution in [0.4, 0.5) is 0 Å². The SMILES string of the molecule is C=C1C(=O)O[C@H]2[C@H]1CC[C@@H](C)[C@H]1CCC(=O)O[C@@]12C. The van der Waals surface area contributed by atoms with Crippen LogP contribution in [0, 0.1) is 17.8 Å². The van der Waals surface area contributed by atoms with E-state index in [1.165, 1.54) is 0 Å². The van der Waals surface area contributed by atoms with Crippen molar-refractivity contribution >= 4 is 11.9 Å². The second-order valence-electron chi connectivity index (χ2n) is 6.32. The van der Waals surface area contributed by atoms with Gasteiger partial charge in [-0.15, -0.1) is 0 Å². The monoisotopic (exact) mass is 264 g/mol. The Morgan fingerprint density at radius 2 is 2.00 bits per heavy atom. The van der Waals surface area contributed by atoms with Crippen molar-refractivity contribution in [3.05, 3.63) is 12.2 Å². The van der Waals surface area contributed by atoms with Gasteiger partial charge < -0.3 is 9.47 Å². The van der Waals surface area contributed by atoms with E-state index in [0.29, 0.717) is 17.9 Å². The fourth-order valence-electron chi connectivity index (χ4n) is 4.14. The van der Waals surface area contributed by atoms with Gasteiger partial charge in [0, 0.05) is 23.8 Å². The van der Waals surface area contributed by atoms with Crippen molar-refractivity contribution in [2.45, 2.75) is 51.2 Å². The van der Waals surface area contributed by atoms with Crippen LogP contribution in [0.1, 0.15) is 39.5 Å². The molecule has 2 saturated heterocycles. The summed E-state index contributed by atoms with van der Waals surface area (Å²) >= 11 is 0. The second-order valence-corrected chi connectivity index (χ2v) is 6.32. The van der Waals surface area contributed by atoms with E-state index in [0.717, 1.165) is 19.3 Å². The minimum absolute atomic E-state index is 0.00384. The molecule has 4 heteroatoms. The first kappa shape index (κ1) is 12.7. The highest BCUT2D eigenvalue weighted by atomic mass is 16.6. The predicted octanol–water partition coefficient (Wildman–Crippen LogP) is 2.23. The van der Waals surface area contributed by atoms with Gasteiger partial charge in [-0.1, -0.05) is 13.5 Å². The maximum absolute atomic E-state index is 11.8. The Bertz CT molecular complexity index is 455. The second kappa shape index (κ2) is 4.09. The first-order valence-corrected chi connectivity index (χ1v) is 7.05. The lowest BCUT2D eigenvalue weighted by atomic mass is 9.72. The molecule has 0 amide bonds. The summed E-state index contributed by atoms with van der Waals surface area (Å²) in [7, 11) is 0. The Kier molecular flexibility index (Phi) is 2.73. The number of carbonyl (C=O) groups is 2. The molecule has 0 spiro atoms. The number of rotatable bonds is 0. The Balaban J connectivity index is 2.02. The quantitative estimate of drug-likeness (QED) is 0.497. The number of ether oxygens (including phenoxy) is 2. The van der Waals surface area contributed by atoms with E-state index < -0.39 is 5.60 Å². The zero-order valence-electron chi connectivity index (χ0n) is 11.5. The van der Waals surface area contributed by atoms with Crippen LogP contribution in [-0.2, 0) is 19.1 Å². The molecule has 0 aromatic heterocycles. The highest BCUT2D eigenvalue weighted by Crippen LogP contribution is 2.50. The van der Waals surface area contributed by atoms with Crippen LogP contribution >= 0.6 is 0 Å². The molecule has 0 unspecified atom stereocenters. The van der Waals surface area contributed by atoms with E-state index in [4.69, 9.17) is 9.47 Å². The molecule has 1 saturated carbocycles. The maximum Gasteiger partial charge on any atom is 0.334 e. The van der Waals surface area contributed by atoms with Crippen molar-refractivity contribution in [3.63, 3.8) is 0 Å². The highest BCUT2D eigenvalue weighted by Gasteiger charge is 2.59. The fourth-order valence-corrected chi connectivity index (χ4v) is 4.14. The molecule has 1 aliphatic carbocycles. The van der Waals surface area contributed by atoms with Crippen molar-refractivity contribution in [2.75, 3.05) is 0 Å². The van der Waals surface area contributed by atoms with Gasteiger partial charge in [0.05, 0.1) is 0 Å². The van der Waals surface area contributed by atoms with Gasteiger partial charge in [-0.3, -0.25) is 4.79 Å². The van der Waals surface area contributed by atoms with Crippen molar-refractivity contribution in [2.24, 2.45) is 17.8 Å². The fraction of sp³-hybridized carbons (Fsp3) is 0.733. The Hall–Kier alpha value is -1.32. The van der Waals surface area contributed by atoms with Gasteiger partial charge in [0.25, 0.3) is 0 Å². The maximum atomic E-state index is 11.8. The predicted molar refractivity (Wildman–Crippen MR) is 68.1 cm³/mol. The summed E-state index contributed by atoms with van der Waals surface area (Å²) in [6.45, 7) is 7.99. The van der Waals surface area contributed by atoms with E-state index in [2.05, 4.69) is 13.5 Å². The van der Waals surface area contributed by atoms with Crippen LogP contribution in [0.2, 0.25) is 0 Å². The number of esters is 2. The van der Waals surface area contributed by atoms with Gasteiger partial charge in [-0.25, -0.2) is 4.79 Å². The number of carbonyl (C=O) groups excluding carboxylic acids is 2. The first-order valence-electron chi connectivity index (χ1n) is 7.05.